The third-order valence-electron chi connectivity index (χ3n) is 5.20. The van der Waals surface area contributed by atoms with Crippen molar-refractivity contribution in [3.63, 3.8) is 0 Å². The van der Waals surface area contributed by atoms with Crippen molar-refractivity contribution < 1.29 is 21.9 Å². The summed E-state index contributed by atoms with van der Waals surface area (Å²) < 4.78 is 36.0. The maximum Gasteiger partial charge on any atom is 0.397 e. The molecule has 0 aromatic rings. The lowest BCUT2D eigenvalue weighted by molar-refractivity contribution is 0.0371. The van der Waals surface area contributed by atoms with E-state index in [1.165, 1.54) is 103 Å². The number of unbranched alkanes of at least 4 members (excludes halogenated alkanes) is 13. The Bertz CT molecular complexity index is 425. The second kappa shape index (κ2) is 21.0. The maximum atomic E-state index is 9.56. The first-order valence-electron chi connectivity index (χ1n) is 11.9. The minimum absolute atomic E-state index is 0.0289. The summed E-state index contributed by atoms with van der Waals surface area (Å²) in [5.41, 5.74) is 0. The SMILES string of the molecule is CCCCCCCCCCCCCCCCN1CCOCC1.CCOS(=O)(=O)O. The van der Waals surface area contributed by atoms with Crippen molar-refractivity contribution in [2.24, 2.45) is 0 Å². The Morgan fingerprint density at radius 1 is 0.759 bits per heavy atom. The number of nitrogens with zero attached hydrogens (tertiary/aromatic N) is 1. The summed E-state index contributed by atoms with van der Waals surface area (Å²) in [4.78, 5) is 2.56. The Labute approximate surface area is 180 Å². The van der Waals surface area contributed by atoms with Crippen molar-refractivity contribution in [2.45, 2.75) is 104 Å². The molecule has 0 aromatic carbocycles. The van der Waals surface area contributed by atoms with Crippen LogP contribution in [0.25, 0.3) is 0 Å². The van der Waals surface area contributed by atoms with Gasteiger partial charge in [0.15, 0.2) is 0 Å². The highest BCUT2D eigenvalue weighted by atomic mass is 32.3. The highest BCUT2D eigenvalue weighted by molar-refractivity contribution is 7.80. The van der Waals surface area contributed by atoms with Gasteiger partial charge in [-0.15, -0.1) is 0 Å². The van der Waals surface area contributed by atoms with Crippen LogP contribution in [0.15, 0.2) is 0 Å². The minimum atomic E-state index is -4.17. The molecule has 0 aromatic heterocycles. The first-order chi connectivity index (χ1) is 14.0. The third kappa shape index (κ3) is 23.9. The van der Waals surface area contributed by atoms with Gasteiger partial charge >= 0.3 is 10.4 Å². The molecule has 1 fully saturated rings. The van der Waals surface area contributed by atoms with Crippen molar-refractivity contribution in [2.75, 3.05) is 39.5 Å². The van der Waals surface area contributed by atoms with E-state index in [9.17, 15) is 8.42 Å². The molecule has 0 bridgehead atoms. The van der Waals surface area contributed by atoms with Gasteiger partial charge < -0.3 is 4.74 Å². The molecule has 7 heteroatoms. The summed E-state index contributed by atoms with van der Waals surface area (Å²) >= 11 is 0. The third-order valence-corrected chi connectivity index (χ3v) is 5.73. The zero-order valence-corrected chi connectivity index (χ0v) is 19.9. The smallest absolute Gasteiger partial charge is 0.379 e. The summed E-state index contributed by atoms with van der Waals surface area (Å²) in [7, 11) is -4.17. The van der Waals surface area contributed by atoms with Gasteiger partial charge in [0.2, 0.25) is 0 Å². The van der Waals surface area contributed by atoms with E-state index >= 15 is 0 Å². The molecular formula is C22H47NO5S. The van der Waals surface area contributed by atoms with E-state index in [2.05, 4.69) is 16.0 Å². The van der Waals surface area contributed by atoms with Crippen LogP contribution in [0, 0.1) is 0 Å². The van der Waals surface area contributed by atoms with Crippen LogP contribution in [0.2, 0.25) is 0 Å². The highest BCUT2D eigenvalue weighted by Gasteiger charge is 2.08. The van der Waals surface area contributed by atoms with Crippen LogP contribution >= 0.6 is 0 Å². The van der Waals surface area contributed by atoms with Gasteiger partial charge in [-0.05, 0) is 19.9 Å². The molecule has 1 aliphatic rings. The van der Waals surface area contributed by atoms with Gasteiger partial charge in [0.25, 0.3) is 0 Å². The predicted octanol–water partition coefficient (Wildman–Crippen LogP) is 5.63. The standard InChI is InChI=1S/C20H41NO.C2H6O4S/c1-2-3-4-5-6-7-8-9-10-11-12-13-14-15-16-21-17-19-22-20-18-21;1-2-6-7(3,4)5/h2-20H2,1H3;2H2,1H3,(H,3,4,5). The molecular weight excluding hydrogens is 390 g/mol. The zero-order chi connectivity index (χ0) is 21.6. The van der Waals surface area contributed by atoms with Crippen LogP contribution in [0.4, 0.5) is 0 Å². The maximum absolute atomic E-state index is 9.56. The summed E-state index contributed by atoms with van der Waals surface area (Å²) in [5.74, 6) is 0. The Balaban J connectivity index is 0.000000956. The monoisotopic (exact) mass is 437 g/mol. The van der Waals surface area contributed by atoms with Gasteiger partial charge in [-0.2, -0.15) is 8.42 Å². The Morgan fingerprint density at radius 2 is 1.17 bits per heavy atom. The second-order valence-electron chi connectivity index (χ2n) is 7.88. The van der Waals surface area contributed by atoms with Crippen LogP contribution in [0.5, 0.6) is 0 Å². The quantitative estimate of drug-likeness (QED) is 0.235. The molecule has 0 saturated carbocycles. The van der Waals surface area contributed by atoms with E-state index in [1.807, 2.05) is 0 Å². The van der Waals surface area contributed by atoms with E-state index in [0.29, 0.717) is 0 Å². The van der Waals surface area contributed by atoms with Crippen molar-refractivity contribution in [1.82, 2.24) is 4.90 Å². The molecule has 1 aliphatic heterocycles. The van der Waals surface area contributed by atoms with Crippen molar-refractivity contribution in [3.8, 4) is 0 Å². The van der Waals surface area contributed by atoms with Gasteiger partial charge in [0, 0.05) is 13.1 Å². The van der Waals surface area contributed by atoms with Crippen LogP contribution in [-0.4, -0.2) is 57.3 Å². The molecule has 29 heavy (non-hydrogen) atoms. The number of ether oxygens (including phenoxy) is 1. The fraction of sp³-hybridized carbons (Fsp3) is 1.00. The van der Waals surface area contributed by atoms with E-state index in [1.54, 1.807) is 0 Å². The molecule has 0 spiro atoms. The average molecular weight is 438 g/mol. The fourth-order valence-corrected chi connectivity index (χ4v) is 3.80. The fourth-order valence-electron chi connectivity index (χ4n) is 3.50. The van der Waals surface area contributed by atoms with Gasteiger partial charge in [-0.1, -0.05) is 90.4 Å². The number of rotatable bonds is 17. The van der Waals surface area contributed by atoms with E-state index in [-0.39, 0.29) is 6.61 Å². The molecule has 1 saturated heterocycles. The Hall–Kier alpha value is -0.210. The molecule has 0 unspecified atom stereocenters. The minimum Gasteiger partial charge on any atom is -0.379 e. The normalized spacial score (nSPS) is 15.1. The van der Waals surface area contributed by atoms with Gasteiger partial charge in [0.1, 0.15) is 0 Å². The van der Waals surface area contributed by atoms with Gasteiger partial charge in [-0.25, -0.2) is 4.18 Å². The lowest BCUT2D eigenvalue weighted by Crippen LogP contribution is -2.36. The second-order valence-corrected chi connectivity index (χ2v) is 8.98. The Morgan fingerprint density at radius 3 is 1.52 bits per heavy atom. The summed E-state index contributed by atoms with van der Waals surface area (Å²) in [5, 5.41) is 0. The van der Waals surface area contributed by atoms with Crippen LogP contribution in [0.1, 0.15) is 104 Å². The van der Waals surface area contributed by atoms with Crippen molar-refractivity contribution in [3.05, 3.63) is 0 Å². The predicted molar refractivity (Wildman–Crippen MR) is 121 cm³/mol. The van der Waals surface area contributed by atoms with E-state index in [4.69, 9.17) is 9.29 Å². The van der Waals surface area contributed by atoms with Crippen molar-refractivity contribution in [1.29, 1.82) is 0 Å². The first kappa shape index (κ1) is 28.8. The van der Waals surface area contributed by atoms with Crippen LogP contribution in [-0.2, 0) is 19.3 Å². The zero-order valence-electron chi connectivity index (χ0n) is 19.1. The van der Waals surface area contributed by atoms with Crippen molar-refractivity contribution >= 4 is 10.4 Å². The molecule has 0 radical (unpaired) electrons. The van der Waals surface area contributed by atoms with Crippen LogP contribution < -0.4 is 0 Å². The lowest BCUT2D eigenvalue weighted by Gasteiger charge is -2.26. The molecule has 1 rings (SSSR count). The summed E-state index contributed by atoms with van der Waals surface area (Å²) in [6.45, 7) is 9.21. The topological polar surface area (TPSA) is 76.1 Å². The first-order valence-corrected chi connectivity index (χ1v) is 13.3. The van der Waals surface area contributed by atoms with Gasteiger partial charge in [-0.3, -0.25) is 9.45 Å². The molecule has 0 amide bonds. The van der Waals surface area contributed by atoms with E-state index in [0.717, 1.165) is 26.3 Å². The average Bonchev–Trinajstić information content (AvgIpc) is 2.68. The molecule has 0 atom stereocenters. The van der Waals surface area contributed by atoms with Crippen LogP contribution in [0.3, 0.4) is 0 Å². The Kier molecular flexibility index (Phi) is 20.9. The molecule has 176 valence electrons. The largest absolute Gasteiger partial charge is 0.397 e. The van der Waals surface area contributed by atoms with E-state index < -0.39 is 10.4 Å². The lowest BCUT2D eigenvalue weighted by atomic mass is 10.0. The molecule has 1 N–H and O–H groups in total. The molecule has 0 aliphatic carbocycles. The molecule has 1 heterocycles. The highest BCUT2D eigenvalue weighted by Crippen LogP contribution is 2.13. The number of hydrogen-bond donors (Lipinski definition) is 1. The summed E-state index contributed by atoms with van der Waals surface area (Å²) in [6, 6.07) is 0. The summed E-state index contributed by atoms with van der Waals surface area (Å²) in [6.07, 6.45) is 20.3. The number of hydrogen-bond acceptors (Lipinski definition) is 5. The van der Waals surface area contributed by atoms with Gasteiger partial charge in [0.05, 0.1) is 19.8 Å². The number of morpholine rings is 1. The molecule has 6 nitrogen and oxygen atoms in total.